The lowest BCUT2D eigenvalue weighted by molar-refractivity contribution is 0.216. The lowest BCUT2D eigenvalue weighted by Gasteiger charge is -2.26. The van der Waals surface area contributed by atoms with Crippen molar-refractivity contribution in [1.82, 2.24) is 5.32 Å². The van der Waals surface area contributed by atoms with E-state index in [4.69, 9.17) is 0 Å². The molecule has 0 aliphatic carbocycles. The van der Waals surface area contributed by atoms with Crippen molar-refractivity contribution in [2.45, 2.75) is 26.1 Å². The van der Waals surface area contributed by atoms with Crippen molar-refractivity contribution in [1.29, 1.82) is 0 Å². The third kappa shape index (κ3) is 1.46. The van der Waals surface area contributed by atoms with Gasteiger partial charge in [-0.3, -0.25) is 4.99 Å². The van der Waals surface area contributed by atoms with Crippen LogP contribution < -0.4 is 5.32 Å². The minimum atomic E-state index is -0.764. The standard InChI is InChI=1S/C7H13FN2/c1-5(8)7-3-9-4-10-6(7)2/h4-7H,3H2,1-2H3,(H,9,10)/t5?,6-,7-/m0/s1. The molecule has 0 saturated heterocycles. The van der Waals surface area contributed by atoms with Crippen molar-refractivity contribution in [3.8, 4) is 0 Å². The van der Waals surface area contributed by atoms with E-state index in [2.05, 4.69) is 10.3 Å². The molecule has 1 unspecified atom stereocenters. The number of alkyl halides is 1. The number of rotatable bonds is 1. The third-order valence-electron chi connectivity index (χ3n) is 1.98. The van der Waals surface area contributed by atoms with E-state index in [9.17, 15) is 4.39 Å². The van der Waals surface area contributed by atoms with Crippen LogP contribution in [0.3, 0.4) is 0 Å². The Morgan fingerprint density at radius 1 is 1.80 bits per heavy atom. The first kappa shape index (κ1) is 7.51. The minimum absolute atomic E-state index is 0.0463. The summed E-state index contributed by atoms with van der Waals surface area (Å²) >= 11 is 0. The topological polar surface area (TPSA) is 24.4 Å². The molecular weight excluding hydrogens is 131 g/mol. The molecule has 0 radical (unpaired) electrons. The average molecular weight is 144 g/mol. The summed E-state index contributed by atoms with van der Waals surface area (Å²) in [7, 11) is 0. The molecule has 0 aromatic rings. The molecule has 0 aromatic heterocycles. The van der Waals surface area contributed by atoms with E-state index in [0.29, 0.717) is 6.54 Å². The predicted molar refractivity (Wildman–Crippen MR) is 40.0 cm³/mol. The highest BCUT2D eigenvalue weighted by Gasteiger charge is 2.24. The third-order valence-corrected chi connectivity index (χ3v) is 1.98. The van der Waals surface area contributed by atoms with Gasteiger partial charge in [0.2, 0.25) is 0 Å². The second-order valence-electron chi connectivity index (χ2n) is 2.79. The Labute approximate surface area is 60.5 Å². The van der Waals surface area contributed by atoms with Crippen LogP contribution in [0, 0.1) is 5.92 Å². The number of aliphatic imine (C=N–C) groups is 1. The highest BCUT2D eigenvalue weighted by Crippen LogP contribution is 2.14. The molecule has 1 heterocycles. The van der Waals surface area contributed by atoms with Crippen LogP contribution in [0.1, 0.15) is 13.8 Å². The first-order valence-corrected chi connectivity index (χ1v) is 3.60. The highest BCUT2D eigenvalue weighted by molar-refractivity contribution is 5.55. The van der Waals surface area contributed by atoms with E-state index in [0.717, 1.165) is 0 Å². The number of nitrogens with zero attached hydrogens (tertiary/aromatic N) is 1. The van der Waals surface area contributed by atoms with E-state index in [1.165, 1.54) is 0 Å². The van der Waals surface area contributed by atoms with Crippen LogP contribution in [0.4, 0.5) is 4.39 Å². The summed E-state index contributed by atoms with van der Waals surface area (Å²) < 4.78 is 12.7. The maximum absolute atomic E-state index is 12.7. The molecule has 3 heteroatoms. The summed E-state index contributed by atoms with van der Waals surface area (Å²) in [6.07, 6.45) is 0.892. The number of hydrogen-bond acceptors (Lipinski definition) is 2. The van der Waals surface area contributed by atoms with Gasteiger partial charge in [-0.2, -0.15) is 0 Å². The van der Waals surface area contributed by atoms with Gasteiger partial charge < -0.3 is 5.32 Å². The van der Waals surface area contributed by atoms with Gasteiger partial charge in [0.25, 0.3) is 0 Å². The zero-order chi connectivity index (χ0) is 7.56. The predicted octanol–water partition coefficient (Wildman–Crippen LogP) is 0.981. The van der Waals surface area contributed by atoms with Gasteiger partial charge in [-0.05, 0) is 13.8 Å². The summed E-state index contributed by atoms with van der Waals surface area (Å²) in [5.41, 5.74) is 0. The van der Waals surface area contributed by atoms with Gasteiger partial charge in [-0.1, -0.05) is 0 Å². The van der Waals surface area contributed by atoms with Gasteiger partial charge in [0.15, 0.2) is 0 Å². The van der Waals surface area contributed by atoms with E-state index in [1.54, 1.807) is 13.3 Å². The average Bonchev–Trinajstić information content (AvgIpc) is 1.88. The molecule has 1 aliphatic rings. The van der Waals surface area contributed by atoms with Crippen molar-refractivity contribution >= 4 is 6.34 Å². The Balaban J connectivity index is 2.51. The summed E-state index contributed by atoms with van der Waals surface area (Å²) in [5.74, 6) is 0.0463. The Morgan fingerprint density at radius 3 is 2.90 bits per heavy atom. The monoisotopic (exact) mass is 144 g/mol. The molecule has 1 aliphatic heterocycles. The molecule has 0 saturated carbocycles. The van der Waals surface area contributed by atoms with Gasteiger partial charge in [-0.25, -0.2) is 4.39 Å². The van der Waals surface area contributed by atoms with Crippen LogP contribution in [0.2, 0.25) is 0 Å². The fourth-order valence-corrected chi connectivity index (χ4v) is 1.17. The van der Waals surface area contributed by atoms with Crippen LogP contribution in [-0.2, 0) is 0 Å². The van der Waals surface area contributed by atoms with Crippen molar-refractivity contribution in [2.75, 3.05) is 6.54 Å². The van der Waals surface area contributed by atoms with E-state index >= 15 is 0 Å². The van der Waals surface area contributed by atoms with E-state index < -0.39 is 6.17 Å². The van der Waals surface area contributed by atoms with Gasteiger partial charge in [0.05, 0.1) is 6.34 Å². The molecule has 10 heavy (non-hydrogen) atoms. The molecule has 3 atom stereocenters. The fourth-order valence-electron chi connectivity index (χ4n) is 1.17. The maximum atomic E-state index is 12.7. The number of nitrogens with one attached hydrogen (secondary N) is 1. The quantitative estimate of drug-likeness (QED) is 0.583. The molecule has 0 spiro atoms. The van der Waals surface area contributed by atoms with Crippen molar-refractivity contribution in [3.05, 3.63) is 0 Å². The van der Waals surface area contributed by atoms with Gasteiger partial charge in [-0.15, -0.1) is 0 Å². The zero-order valence-corrected chi connectivity index (χ0v) is 6.34. The molecule has 58 valence electrons. The lowest BCUT2D eigenvalue weighted by Crippen LogP contribution is -2.41. The fraction of sp³-hybridized carbons (Fsp3) is 0.857. The molecule has 2 nitrogen and oxygen atoms in total. The molecule has 0 aromatic carbocycles. The summed E-state index contributed by atoms with van der Waals surface area (Å²) in [5, 5.41) is 2.98. The van der Waals surface area contributed by atoms with Crippen LogP contribution in [-0.4, -0.2) is 25.1 Å². The minimum Gasteiger partial charge on any atom is -0.374 e. The second kappa shape index (κ2) is 2.99. The van der Waals surface area contributed by atoms with Crippen molar-refractivity contribution in [2.24, 2.45) is 10.9 Å². The van der Waals surface area contributed by atoms with Crippen LogP contribution in [0.15, 0.2) is 4.99 Å². The summed E-state index contributed by atoms with van der Waals surface area (Å²) in [6.45, 7) is 4.18. The molecule has 0 amide bonds. The molecule has 0 bridgehead atoms. The van der Waals surface area contributed by atoms with Crippen LogP contribution in [0.25, 0.3) is 0 Å². The molecule has 1 N–H and O–H groups in total. The smallest absolute Gasteiger partial charge is 0.104 e. The Bertz CT molecular complexity index is 134. The second-order valence-corrected chi connectivity index (χ2v) is 2.79. The number of hydrogen-bond donors (Lipinski definition) is 1. The lowest BCUT2D eigenvalue weighted by atomic mass is 9.96. The first-order chi connectivity index (χ1) is 4.72. The first-order valence-electron chi connectivity index (χ1n) is 3.60. The molecular formula is C7H13FN2. The van der Waals surface area contributed by atoms with Gasteiger partial charge in [0, 0.05) is 18.5 Å². The maximum Gasteiger partial charge on any atom is 0.104 e. The summed E-state index contributed by atoms with van der Waals surface area (Å²) in [6, 6.07) is 0.220. The molecule has 1 rings (SSSR count). The Kier molecular flexibility index (Phi) is 2.25. The van der Waals surface area contributed by atoms with Gasteiger partial charge >= 0.3 is 0 Å². The normalized spacial score (nSPS) is 35.1. The Hall–Kier alpha value is -0.600. The van der Waals surface area contributed by atoms with E-state index in [-0.39, 0.29) is 12.0 Å². The molecule has 0 fully saturated rings. The van der Waals surface area contributed by atoms with Crippen LogP contribution >= 0.6 is 0 Å². The highest BCUT2D eigenvalue weighted by atomic mass is 19.1. The number of halogens is 1. The van der Waals surface area contributed by atoms with E-state index in [1.807, 2.05) is 6.92 Å². The summed E-state index contributed by atoms with van der Waals surface area (Å²) in [4.78, 5) is 3.95. The van der Waals surface area contributed by atoms with Crippen molar-refractivity contribution in [3.63, 3.8) is 0 Å². The zero-order valence-electron chi connectivity index (χ0n) is 6.34. The SMILES string of the molecule is CC(F)[C@@H]1CN=CN[C@H]1C. The van der Waals surface area contributed by atoms with Crippen LogP contribution in [0.5, 0.6) is 0 Å². The largest absolute Gasteiger partial charge is 0.374 e. The Morgan fingerprint density at radius 2 is 2.50 bits per heavy atom. The van der Waals surface area contributed by atoms with Crippen molar-refractivity contribution < 1.29 is 4.39 Å². The van der Waals surface area contributed by atoms with Gasteiger partial charge in [0.1, 0.15) is 6.17 Å².